The van der Waals surface area contributed by atoms with E-state index in [0.717, 1.165) is 16.8 Å². The van der Waals surface area contributed by atoms with Crippen molar-refractivity contribution in [3.63, 3.8) is 0 Å². The number of amides is 1. The van der Waals surface area contributed by atoms with Gasteiger partial charge < -0.3 is 10.6 Å². The summed E-state index contributed by atoms with van der Waals surface area (Å²) in [6.07, 6.45) is 0.306. The molecule has 5 heteroatoms. The van der Waals surface area contributed by atoms with E-state index in [9.17, 15) is 4.79 Å². The van der Waals surface area contributed by atoms with Gasteiger partial charge in [0.1, 0.15) is 0 Å². The van der Waals surface area contributed by atoms with Crippen molar-refractivity contribution in [1.82, 2.24) is 0 Å². The van der Waals surface area contributed by atoms with Crippen molar-refractivity contribution in [3.05, 3.63) is 58.1 Å². The molecule has 2 aromatic carbocycles. The predicted octanol–water partition coefficient (Wildman–Crippen LogP) is 4.27. The number of nitrogens with zero attached hydrogens (tertiary/aromatic N) is 1. The summed E-state index contributed by atoms with van der Waals surface area (Å²) in [7, 11) is 0. The molecule has 2 rings (SSSR count). The van der Waals surface area contributed by atoms with Crippen LogP contribution in [0.5, 0.6) is 0 Å². The Bertz CT molecular complexity index is 742. The van der Waals surface area contributed by atoms with E-state index in [1.165, 1.54) is 0 Å². The Kier molecular flexibility index (Phi) is 5.61. The van der Waals surface area contributed by atoms with E-state index in [-0.39, 0.29) is 5.91 Å². The van der Waals surface area contributed by atoms with Gasteiger partial charge >= 0.3 is 0 Å². The van der Waals surface area contributed by atoms with Crippen LogP contribution >= 0.6 is 11.6 Å². The van der Waals surface area contributed by atoms with Gasteiger partial charge in [0.2, 0.25) is 5.91 Å². The fourth-order valence-corrected chi connectivity index (χ4v) is 2.72. The first kappa shape index (κ1) is 16.9. The van der Waals surface area contributed by atoms with E-state index >= 15 is 0 Å². The number of nitrogens with one attached hydrogen (secondary N) is 2. The van der Waals surface area contributed by atoms with Crippen LogP contribution in [0, 0.1) is 25.2 Å². The maximum absolute atomic E-state index is 12.0. The van der Waals surface area contributed by atoms with E-state index in [1.54, 1.807) is 24.3 Å². The normalized spacial score (nSPS) is 10.0. The number of carbonyl (C=O) groups excluding carboxylic acids is 1. The molecular formula is C18H18ClN3O. The van der Waals surface area contributed by atoms with Crippen molar-refractivity contribution in [2.45, 2.75) is 20.3 Å². The Morgan fingerprint density at radius 3 is 2.74 bits per heavy atom. The molecule has 0 saturated heterocycles. The molecule has 0 aliphatic rings. The average Bonchev–Trinajstić information content (AvgIpc) is 2.50. The van der Waals surface area contributed by atoms with Crippen molar-refractivity contribution in [3.8, 4) is 6.07 Å². The highest BCUT2D eigenvalue weighted by Crippen LogP contribution is 2.27. The molecule has 0 atom stereocenters. The fourth-order valence-electron chi connectivity index (χ4n) is 2.33. The third kappa shape index (κ3) is 4.73. The number of carbonyl (C=O) groups is 1. The summed E-state index contributed by atoms with van der Waals surface area (Å²) in [6.45, 7) is 4.45. The monoisotopic (exact) mass is 327 g/mol. The second-order valence-electron chi connectivity index (χ2n) is 5.36. The maximum atomic E-state index is 12.0. The van der Waals surface area contributed by atoms with Crippen LogP contribution in [0.4, 0.5) is 11.4 Å². The number of hydrogen-bond acceptors (Lipinski definition) is 3. The molecule has 0 spiro atoms. The molecule has 2 aromatic rings. The molecule has 0 aromatic heterocycles. The van der Waals surface area contributed by atoms with Crippen LogP contribution < -0.4 is 10.6 Å². The molecule has 118 valence electrons. The Balaban J connectivity index is 1.89. The minimum absolute atomic E-state index is 0.117. The summed E-state index contributed by atoms with van der Waals surface area (Å²) in [6, 6.07) is 12.8. The molecule has 0 aliphatic heterocycles. The minimum Gasteiger partial charge on any atom is -0.383 e. The molecule has 0 unspecified atom stereocenters. The summed E-state index contributed by atoms with van der Waals surface area (Å²) in [5, 5.41) is 15.5. The zero-order chi connectivity index (χ0) is 16.8. The van der Waals surface area contributed by atoms with Crippen molar-refractivity contribution in [2.75, 3.05) is 17.2 Å². The quantitative estimate of drug-likeness (QED) is 0.862. The van der Waals surface area contributed by atoms with E-state index in [1.807, 2.05) is 32.0 Å². The number of anilines is 2. The van der Waals surface area contributed by atoms with Crippen LogP contribution in [-0.4, -0.2) is 12.5 Å². The van der Waals surface area contributed by atoms with Crippen LogP contribution in [-0.2, 0) is 4.79 Å². The van der Waals surface area contributed by atoms with Crippen LogP contribution in [0.15, 0.2) is 36.4 Å². The van der Waals surface area contributed by atoms with E-state index < -0.39 is 0 Å². The Hall–Kier alpha value is -2.51. The summed E-state index contributed by atoms with van der Waals surface area (Å²) >= 11 is 6.22. The van der Waals surface area contributed by atoms with Crippen molar-refractivity contribution >= 4 is 28.9 Å². The van der Waals surface area contributed by atoms with Crippen LogP contribution in [0.25, 0.3) is 0 Å². The zero-order valence-corrected chi connectivity index (χ0v) is 13.9. The number of benzene rings is 2. The largest absolute Gasteiger partial charge is 0.383 e. The van der Waals surface area contributed by atoms with Crippen LogP contribution in [0.1, 0.15) is 23.1 Å². The van der Waals surface area contributed by atoms with Gasteiger partial charge in [-0.15, -0.1) is 0 Å². The molecule has 1 amide bonds. The number of rotatable bonds is 5. The lowest BCUT2D eigenvalue weighted by Crippen LogP contribution is -2.16. The number of nitriles is 1. The summed E-state index contributed by atoms with van der Waals surface area (Å²) in [4.78, 5) is 12.0. The number of aryl methyl sites for hydroxylation is 2. The van der Waals surface area contributed by atoms with Gasteiger partial charge in [-0.25, -0.2) is 0 Å². The molecule has 0 aliphatic carbocycles. The maximum Gasteiger partial charge on any atom is 0.226 e. The van der Waals surface area contributed by atoms with Crippen molar-refractivity contribution < 1.29 is 4.79 Å². The van der Waals surface area contributed by atoms with Crippen molar-refractivity contribution in [2.24, 2.45) is 0 Å². The molecule has 4 nitrogen and oxygen atoms in total. The highest BCUT2D eigenvalue weighted by Gasteiger charge is 2.07. The lowest BCUT2D eigenvalue weighted by molar-refractivity contribution is -0.115. The molecule has 0 fully saturated rings. The number of halogens is 1. The van der Waals surface area contributed by atoms with Gasteiger partial charge in [-0.3, -0.25) is 4.79 Å². The second kappa shape index (κ2) is 7.66. The van der Waals surface area contributed by atoms with Gasteiger partial charge in [0.05, 0.1) is 22.3 Å². The predicted molar refractivity (Wildman–Crippen MR) is 93.8 cm³/mol. The zero-order valence-electron chi connectivity index (χ0n) is 13.1. The standard InChI is InChI=1S/C18H18ClN3O/c1-12-8-13(2)18(16(19)9-12)21-7-6-17(23)22-15-5-3-4-14(10-15)11-20/h3-5,8-10,21H,6-7H2,1-2H3,(H,22,23). The smallest absolute Gasteiger partial charge is 0.226 e. The molecule has 0 saturated carbocycles. The Morgan fingerprint density at radius 2 is 2.04 bits per heavy atom. The summed E-state index contributed by atoms with van der Waals surface area (Å²) < 4.78 is 0. The summed E-state index contributed by atoms with van der Waals surface area (Å²) in [5.74, 6) is -0.117. The van der Waals surface area contributed by atoms with Gasteiger partial charge in [0.25, 0.3) is 0 Å². The first-order chi connectivity index (χ1) is 11.0. The van der Waals surface area contributed by atoms with Gasteiger partial charge in [-0.05, 0) is 49.2 Å². The lowest BCUT2D eigenvalue weighted by Gasteiger charge is -2.12. The second-order valence-corrected chi connectivity index (χ2v) is 5.76. The Labute approximate surface area is 141 Å². The van der Waals surface area contributed by atoms with Gasteiger partial charge in [0.15, 0.2) is 0 Å². The SMILES string of the molecule is Cc1cc(C)c(NCCC(=O)Nc2cccc(C#N)c2)c(Cl)c1. The summed E-state index contributed by atoms with van der Waals surface area (Å²) in [5.41, 5.74) is 4.16. The highest BCUT2D eigenvalue weighted by atomic mass is 35.5. The third-order valence-corrected chi connectivity index (χ3v) is 3.66. The van der Waals surface area contributed by atoms with Gasteiger partial charge in [0, 0.05) is 18.7 Å². The minimum atomic E-state index is -0.117. The first-order valence-electron chi connectivity index (χ1n) is 7.30. The topological polar surface area (TPSA) is 64.9 Å². The van der Waals surface area contributed by atoms with Crippen LogP contribution in [0.3, 0.4) is 0 Å². The highest BCUT2D eigenvalue weighted by molar-refractivity contribution is 6.33. The van der Waals surface area contributed by atoms with E-state index in [2.05, 4.69) is 10.6 Å². The van der Waals surface area contributed by atoms with E-state index in [0.29, 0.717) is 29.2 Å². The fraction of sp³-hybridized carbons (Fsp3) is 0.222. The molecule has 2 N–H and O–H groups in total. The Morgan fingerprint density at radius 1 is 1.26 bits per heavy atom. The molecule has 0 heterocycles. The lowest BCUT2D eigenvalue weighted by atomic mass is 10.1. The third-order valence-electron chi connectivity index (χ3n) is 3.36. The van der Waals surface area contributed by atoms with Gasteiger partial charge in [-0.2, -0.15) is 5.26 Å². The first-order valence-corrected chi connectivity index (χ1v) is 7.68. The van der Waals surface area contributed by atoms with Crippen LogP contribution in [0.2, 0.25) is 5.02 Å². The average molecular weight is 328 g/mol. The molecule has 0 radical (unpaired) electrons. The van der Waals surface area contributed by atoms with Gasteiger partial charge in [-0.1, -0.05) is 23.7 Å². The molecule has 0 bridgehead atoms. The number of hydrogen-bond donors (Lipinski definition) is 2. The molecular weight excluding hydrogens is 310 g/mol. The van der Waals surface area contributed by atoms with E-state index in [4.69, 9.17) is 16.9 Å². The van der Waals surface area contributed by atoms with Crippen molar-refractivity contribution in [1.29, 1.82) is 5.26 Å². The molecule has 23 heavy (non-hydrogen) atoms.